The Morgan fingerprint density at radius 3 is 2.39 bits per heavy atom. The van der Waals surface area contributed by atoms with E-state index in [4.69, 9.17) is 0 Å². The molecule has 3 heteroatoms. The number of Topliss-reactive ketones (excluding diaryl/α,β-unsaturated/α-hetero) is 1. The molecule has 1 amide bonds. The Kier molecular flexibility index (Phi) is 5.08. The zero-order valence-corrected chi connectivity index (χ0v) is 11.6. The van der Waals surface area contributed by atoms with Gasteiger partial charge in [-0.15, -0.1) is 0 Å². The summed E-state index contributed by atoms with van der Waals surface area (Å²) in [7, 11) is 1.78. The van der Waals surface area contributed by atoms with Crippen LogP contribution in [0.2, 0.25) is 0 Å². The predicted molar refractivity (Wildman–Crippen MR) is 72.3 cm³/mol. The van der Waals surface area contributed by atoms with Crippen molar-refractivity contribution in [2.24, 2.45) is 0 Å². The van der Waals surface area contributed by atoms with Gasteiger partial charge >= 0.3 is 0 Å². The quantitative estimate of drug-likeness (QED) is 0.802. The van der Waals surface area contributed by atoms with Crippen LogP contribution in [0.15, 0.2) is 18.2 Å². The van der Waals surface area contributed by atoms with Gasteiger partial charge in [0.25, 0.3) is 0 Å². The van der Waals surface area contributed by atoms with Crippen molar-refractivity contribution in [3.8, 4) is 0 Å². The molecule has 1 aromatic rings. The summed E-state index contributed by atoms with van der Waals surface area (Å²) in [6.07, 6.45) is 0.632. The predicted octanol–water partition coefficient (Wildman–Crippen LogP) is 2.63. The lowest BCUT2D eigenvalue weighted by Gasteiger charge is -2.18. The van der Waals surface area contributed by atoms with Gasteiger partial charge in [0.15, 0.2) is 0 Å². The fraction of sp³-hybridized carbons (Fsp3) is 0.467. The molecule has 0 aromatic heterocycles. The lowest BCUT2D eigenvalue weighted by Crippen LogP contribution is -2.26. The van der Waals surface area contributed by atoms with E-state index in [1.54, 1.807) is 11.9 Å². The number of rotatable bonds is 5. The Balaban J connectivity index is 2.60. The average molecular weight is 247 g/mol. The summed E-state index contributed by atoms with van der Waals surface area (Å²) in [4.78, 5) is 24.3. The van der Waals surface area contributed by atoms with Gasteiger partial charge in [0.05, 0.1) is 0 Å². The number of ketones is 1. The second-order valence-corrected chi connectivity index (χ2v) is 4.88. The van der Waals surface area contributed by atoms with Gasteiger partial charge in [-0.05, 0) is 31.9 Å². The zero-order valence-electron chi connectivity index (χ0n) is 11.6. The van der Waals surface area contributed by atoms with Crippen molar-refractivity contribution < 1.29 is 9.59 Å². The topological polar surface area (TPSA) is 37.4 Å². The van der Waals surface area contributed by atoms with Crippen LogP contribution in [0.3, 0.4) is 0 Å². The molecule has 0 bridgehead atoms. The molecule has 0 heterocycles. The number of carbonyl (C=O) groups excluding carboxylic acids is 2. The third-order valence-electron chi connectivity index (χ3n) is 3.02. The van der Waals surface area contributed by atoms with Crippen LogP contribution in [0.1, 0.15) is 36.5 Å². The molecule has 0 unspecified atom stereocenters. The maximum Gasteiger partial charge on any atom is 0.223 e. The lowest BCUT2D eigenvalue weighted by molar-refractivity contribution is -0.132. The molecule has 1 aromatic carbocycles. The molecular formula is C15H21NO2. The number of hydrogen-bond acceptors (Lipinski definition) is 2. The maximum absolute atomic E-state index is 11.8. The van der Waals surface area contributed by atoms with Gasteiger partial charge in [-0.1, -0.05) is 23.8 Å². The number of carbonyl (C=O) groups is 2. The van der Waals surface area contributed by atoms with Crippen molar-refractivity contribution in [2.75, 3.05) is 7.05 Å². The van der Waals surface area contributed by atoms with Crippen LogP contribution in [0, 0.1) is 13.8 Å². The summed E-state index contributed by atoms with van der Waals surface area (Å²) in [5.74, 6) is 0.0773. The summed E-state index contributed by atoms with van der Waals surface area (Å²) in [5.41, 5.74) is 3.57. The first-order chi connectivity index (χ1) is 8.40. The van der Waals surface area contributed by atoms with Crippen LogP contribution < -0.4 is 0 Å². The highest BCUT2D eigenvalue weighted by Crippen LogP contribution is 2.13. The van der Waals surface area contributed by atoms with Crippen LogP contribution in [0.25, 0.3) is 0 Å². The number of benzene rings is 1. The van der Waals surface area contributed by atoms with Crippen LogP contribution in [0.4, 0.5) is 0 Å². The van der Waals surface area contributed by atoms with Gasteiger partial charge in [0.2, 0.25) is 5.91 Å². The van der Waals surface area contributed by atoms with Crippen LogP contribution in [-0.2, 0) is 16.1 Å². The summed E-state index contributed by atoms with van der Waals surface area (Å²) in [6, 6.07) is 6.22. The molecule has 0 radical (unpaired) electrons. The van der Waals surface area contributed by atoms with E-state index < -0.39 is 0 Å². The molecular weight excluding hydrogens is 226 g/mol. The van der Waals surface area contributed by atoms with Crippen molar-refractivity contribution >= 4 is 11.7 Å². The third kappa shape index (κ3) is 4.32. The monoisotopic (exact) mass is 247 g/mol. The number of amides is 1. The van der Waals surface area contributed by atoms with Crippen LogP contribution >= 0.6 is 0 Å². The highest BCUT2D eigenvalue weighted by atomic mass is 16.2. The van der Waals surface area contributed by atoms with Gasteiger partial charge in [0.1, 0.15) is 5.78 Å². The first kappa shape index (κ1) is 14.4. The number of hydrogen-bond donors (Lipinski definition) is 0. The Hall–Kier alpha value is -1.64. The molecule has 0 N–H and O–H groups in total. The molecule has 3 nitrogen and oxygen atoms in total. The largest absolute Gasteiger partial charge is 0.341 e. The van der Waals surface area contributed by atoms with E-state index in [2.05, 4.69) is 32.0 Å². The van der Waals surface area contributed by atoms with Gasteiger partial charge in [-0.2, -0.15) is 0 Å². The van der Waals surface area contributed by atoms with Crippen molar-refractivity contribution in [3.05, 3.63) is 34.9 Å². The second kappa shape index (κ2) is 6.34. The summed E-state index contributed by atoms with van der Waals surface area (Å²) in [5, 5.41) is 0. The molecule has 0 saturated heterocycles. The fourth-order valence-corrected chi connectivity index (χ4v) is 1.84. The molecule has 98 valence electrons. The van der Waals surface area contributed by atoms with Crippen LogP contribution in [0.5, 0.6) is 0 Å². The Morgan fingerprint density at radius 2 is 1.83 bits per heavy atom. The van der Waals surface area contributed by atoms with E-state index in [1.807, 2.05) is 0 Å². The molecule has 0 saturated carbocycles. The Bertz CT molecular complexity index is 452. The van der Waals surface area contributed by atoms with Gasteiger partial charge in [0, 0.05) is 26.4 Å². The fourth-order valence-electron chi connectivity index (χ4n) is 1.84. The standard InChI is InChI=1S/C15H21NO2/c1-11-5-7-14(12(2)9-11)10-16(4)15(18)8-6-13(3)17/h5,7,9H,6,8,10H2,1-4H3. The van der Waals surface area contributed by atoms with E-state index in [1.165, 1.54) is 18.1 Å². The van der Waals surface area contributed by atoms with Crippen molar-refractivity contribution in [1.82, 2.24) is 4.90 Å². The first-order valence-corrected chi connectivity index (χ1v) is 6.19. The minimum atomic E-state index is 0.0187. The average Bonchev–Trinajstić information content (AvgIpc) is 2.29. The molecule has 0 atom stereocenters. The maximum atomic E-state index is 11.8. The Morgan fingerprint density at radius 1 is 1.17 bits per heavy atom. The van der Waals surface area contributed by atoms with E-state index in [-0.39, 0.29) is 11.7 Å². The van der Waals surface area contributed by atoms with E-state index in [0.717, 1.165) is 5.56 Å². The van der Waals surface area contributed by atoms with Gasteiger partial charge in [-0.3, -0.25) is 4.79 Å². The van der Waals surface area contributed by atoms with E-state index in [9.17, 15) is 9.59 Å². The SMILES string of the molecule is CC(=O)CCC(=O)N(C)Cc1ccc(C)cc1C. The van der Waals surface area contributed by atoms with Crippen LogP contribution in [-0.4, -0.2) is 23.6 Å². The molecule has 0 aliphatic heterocycles. The van der Waals surface area contributed by atoms with Crippen molar-refractivity contribution in [3.63, 3.8) is 0 Å². The highest BCUT2D eigenvalue weighted by molar-refractivity contribution is 5.83. The molecule has 0 aliphatic carbocycles. The number of nitrogens with zero attached hydrogens (tertiary/aromatic N) is 1. The minimum Gasteiger partial charge on any atom is -0.341 e. The summed E-state index contributed by atoms with van der Waals surface area (Å²) < 4.78 is 0. The third-order valence-corrected chi connectivity index (χ3v) is 3.02. The van der Waals surface area contributed by atoms with E-state index in [0.29, 0.717) is 19.4 Å². The van der Waals surface area contributed by atoms with Gasteiger partial charge < -0.3 is 9.69 Å². The highest BCUT2D eigenvalue weighted by Gasteiger charge is 2.11. The van der Waals surface area contributed by atoms with Crippen molar-refractivity contribution in [1.29, 1.82) is 0 Å². The number of aryl methyl sites for hydroxylation is 2. The van der Waals surface area contributed by atoms with Gasteiger partial charge in [-0.25, -0.2) is 0 Å². The Labute approximate surface area is 109 Å². The molecule has 0 aliphatic rings. The summed E-state index contributed by atoms with van der Waals surface area (Å²) >= 11 is 0. The molecule has 0 fully saturated rings. The molecule has 1 rings (SSSR count). The van der Waals surface area contributed by atoms with E-state index >= 15 is 0 Å². The molecule has 18 heavy (non-hydrogen) atoms. The first-order valence-electron chi connectivity index (χ1n) is 6.19. The summed E-state index contributed by atoms with van der Waals surface area (Å²) in [6.45, 7) is 6.22. The second-order valence-electron chi connectivity index (χ2n) is 4.88. The lowest BCUT2D eigenvalue weighted by atomic mass is 10.1. The molecule has 0 spiro atoms. The normalized spacial score (nSPS) is 10.2. The zero-order chi connectivity index (χ0) is 13.7. The smallest absolute Gasteiger partial charge is 0.223 e. The minimum absolute atomic E-state index is 0.0187. The van der Waals surface area contributed by atoms with Crippen molar-refractivity contribution in [2.45, 2.75) is 40.2 Å².